The van der Waals surface area contributed by atoms with Crippen molar-refractivity contribution in [1.29, 1.82) is 0 Å². The number of hydrogen-bond acceptors (Lipinski definition) is 5. The van der Waals surface area contributed by atoms with E-state index in [2.05, 4.69) is 20.9 Å². The van der Waals surface area contributed by atoms with Crippen molar-refractivity contribution >= 4 is 45.0 Å². The predicted molar refractivity (Wildman–Crippen MR) is 105 cm³/mol. The van der Waals surface area contributed by atoms with Crippen LogP contribution in [-0.4, -0.2) is 52.1 Å². The fourth-order valence-corrected chi connectivity index (χ4v) is 4.80. The minimum atomic E-state index is -0.330. The van der Waals surface area contributed by atoms with Crippen LogP contribution in [0.4, 0.5) is 0 Å². The zero-order valence-corrected chi connectivity index (χ0v) is 17.0. The van der Waals surface area contributed by atoms with Gasteiger partial charge in [-0.1, -0.05) is 15.9 Å². The fourth-order valence-electron chi connectivity index (χ4n) is 3.67. The van der Waals surface area contributed by atoms with Gasteiger partial charge in [0.05, 0.1) is 16.1 Å². The molecule has 1 fully saturated rings. The molecule has 140 valence electrons. The van der Waals surface area contributed by atoms with Crippen LogP contribution in [0.1, 0.15) is 50.9 Å². The number of imide groups is 1. The lowest BCUT2D eigenvalue weighted by Gasteiger charge is -2.32. The SMILES string of the molecule is O=C(CCN1C(=O)c2ccc(Br)cc2C1=O)N1CCCC(c2nccs2)C1. The predicted octanol–water partition coefficient (Wildman–Crippen LogP) is 3.30. The van der Waals surface area contributed by atoms with E-state index in [0.29, 0.717) is 17.7 Å². The Hall–Kier alpha value is -2.06. The van der Waals surface area contributed by atoms with Crippen LogP contribution < -0.4 is 0 Å². The molecule has 1 atom stereocenters. The lowest BCUT2D eigenvalue weighted by atomic mass is 9.98. The first-order valence-corrected chi connectivity index (χ1v) is 10.5. The van der Waals surface area contributed by atoms with Crippen molar-refractivity contribution in [2.45, 2.75) is 25.2 Å². The third kappa shape index (κ3) is 3.55. The van der Waals surface area contributed by atoms with Gasteiger partial charge in [0, 0.05) is 48.0 Å². The van der Waals surface area contributed by atoms with Gasteiger partial charge in [0.1, 0.15) is 0 Å². The minimum absolute atomic E-state index is 0.0195. The summed E-state index contributed by atoms with van der Waals surface area (Å²) in [7, 11) is 0. The van der Waals surface area contributed by atoms with Crippen LogP contribution in [0, 0.1) is 0 Å². The van der Waals surface area contributed by atoms with Crippen LogP contribution in [0.15, 0.2) is 34.2 Å². The lowest BCUT2D eigenvalue weighted by Crippen LogP contribution is -2.41. The van der Waals surface area contributed by atoms with Gasteiger partial charge in [-0.25, -0.2) is 4.98 Å². The first kappa shape index (κ1) is 18.3. The van der Waals surface area contributed by atoms with Gasteiger partial charge < -0.3 is 4.90 Å². The Morgan fingerprint density at radius 1 is 1.26 bits per heavy atom. The summed E-state index contributed by atoms with van der Waals surface area (Å²) in [4.78, 5) is 45.0. The third-order valence-electron chi connectivity index (χ3n) is 5.06. The van der Waals surface area contributed by atoms with E-state index in [1.807, 2.05) is 10.3 Å². The molecule has 0 radical (unpaired) electrons. The number of nitrogens with zero attached hydrogens (tertiary/aromatic N) is 3. The van der Waals surface area contributed by atoms with Crippen LogP contribution in [-0.2, 0) is 4.79 Å². The summed E-state index contributed by atoms with van der Waals surface area (Å²) in [5.41, 5.74) is 0.793. The number of halogens is 1. The summed E-state index contributed by atoms with van der Waals surface area (Å²) in [6.45, 7) is 1.48. The van der Waals surface area contributed by atoms with Gasteiger partial charge in [0.2, 0.25) is 5.91 Å². The van der Waals surface area contributed by atoms with Crippen LogP contribution in [0.3, 0.4) is 0 Å². The van der Waals surface area contributed by atoms with E-state index in [-0.39, 0.29) is 36.6 Å². The summed E-state index contributed by atoms with van der Waals surface area (Å²) in [6.07, 6.45) is 3.92. The Morgan fingerprint density at radius 3 is 2.85 bits per heavy atom. The molecule has 8 heteroatoms. The first-order valence-electron chi connectivity index (χ1n) is 8.87. The van der Waals surface area contributed by atoms with Crippen molar-refractivity contribution in [2.24, 2.45) is 0 Å². The summed E-state index contributed by atoms with van der Waals surface area (Å²) in [6, 6.07) is 5.04. The second-order valence-electron chi connectivity index (χ2n) is 6.75. The van der Waals surface area contributed by atoms with Gasteiger partial charge in [0.25, 0.3) is 11.8 Å². The molecule has 0 saturated carbocycles. The molecule has 1 unspecified atom stereocenters. The lowest BCUT2D eigenvalue weighted by molar-refractivity contribution is -0.132. The zero-order chi connectivity index (χ0) is 19.0. The number of likely N-dealkylation sites (tertiary alicyclic amines) is 1. The number of rotatable bonds is 4. The monoisotopic (exact) mass is 447 g/mol. The Bertz CT molecular complexity index is 900. The molecule has 4 rings (SSSR count). The van der Waals surface area contributed by atoms with Crippen molar-refractivity contribution < 1.29 is 14.4 Å². The molecule has 0 N–H and O–H groups in total. The molecule has 0 spiro atoms. The van der Waals surface area contributed by atoms with E-state index in [0.717, 1.165) is 28.9 Å². The van der Waals surface area contributed by atoms with Gasteiger partial charge >= 0.3 is 0 Å². The van der Waals surface area contributed by atoms with Crippen molar-refractivity contribution in [3.8, 4) is 0 Å². The highest BCUT2D eigenvalue weighted by molar-refractivity contribution is 9.10. The molecule has 6 nitrogen and oxygen atoms in total. The Morgan fingerprint density at radius 2 is 2.07 bits per heavy atom. The smallest absolute Gasteiger partial charge is 0.261 e. The maximum absolute atomic E-state index is 12.7. The van der Waals surface area contributed by atoms with E-state index >= 15 is 0 Å². The molecule has 0 aliphatic carbocycles. The van der Waals surface area contributed by atoms with Crippen molar-refractivity contribution in [3.05, 3.63) is 50.4 Å². The summed E-state index contributed by atoms with van der Waals surface area (Å²) in [5, 5.41) is 3.02. The Kier molecular flexibility index (Phi) is 5.10. The second-order valence-corrected chi connectivity index (χ2v) is 8.59. The number of fused-ring (bicyclic) bond motifs is 1. The maximum atomic E-state index is 12.7. The van der Waals surface area contributed by atoms with Crippen molar-refractivity contribution in [3.63, 3.8) is 0 Å². The molecule has 1 aromatic carbocycles. The number of hydrogen-bond donors (Lipinski definition) is 0. The normalized spacial score (nSPS) is 19.5. The summed E-state index contributed by atoms with van der Waals surface area (Å²) in [5.74, 6) is -0.397. The largest absolute Gasteiger partial charge is 0.342 e. The zero-order valence-electron chi connectivity index (χ0n) is 14.6. The molecule has 2 aliphatic rings. The highest BCUT2D eigenvalue weighted by Gasteiger charge is 2.36. The van der Waals surface area contributed by atoms with Crippen molar-refractivity contribution in [1.82, 2.24) is 14.8 Å². The molecule has 3 amide bonds. The topological polar surface area (TPSA) is 70.6 Å². The number of carbonyl (C=O) groups excluding carboxylic acids is 3. The highest BCUT2D eigenvalue weighted by atomic mass is 79.9. The Labute approximate surface area is 169 Å². The van der Waals surface area contributed by atoms with Gasteiger partial charge in [0.15, 0.2) is 0 Å². The molecule has 2 aromatic rings. The van der Waals surface area contributed by atoms with E-state index < -0.39 is 0 Å². The number of piperidine rings is 1. The number of aromatic nitrogens is 1. The average Bonchev–Trinajstić information content (AvgIpc) is 3.29. The molecule has 3 heterocycles. The fraction of sp³-hybridized carbons (Fsp3) is 0.368. The van der Waals surface area contributed by atoms with Gasteiger partial charge in [-0.15, -0.1) is 11.3 Å². The van der Waals surface area contributed by atoms with Crippen LogP contribution in [0.5, 0.6) is 0 Å². The van der Waals surface area contributed by atoms with Gasteiger partial charge in [-0.2, -0.15) is 0 Å². The van der Waals surface area contributed by atoms with E-state index in [9.17, 15) is 14.4 Å². The molecule has 1 saturated heterocycles. The first-order chi connectivity index (χ1) is 13.0. The third-order valence-corrected chi connectivity index (χ3v) is 6.49. The summed E-state index contributed by atoms with van der Waals surface area (Å²) < 4.78 is 0.752. The molecule has 27 heavy (non-hydrogen) atoms. The van der Waals surface area contributed by atoms with Crippen LogP contribution >= 0.6 is 27.3 Å². The van der Waals surface area contributed by atoms with Crippen molar-refractivity contribution in [2.75, 3.05) is 19.6 Å². The number of carbonyl (C=O) groups is 3. The number of benzene rings is 1. The quantitative estimate of drug-likeness (QED) is 0.674. The van der Waals surface area contributed by atoms with E-state index in [1.165, 1.54) is 4.90 Å². The molecule has 1 aromatic heterocycles. The molecule has 0 bridgehead atoms. The van der Waals surface area contributed by atoms with Gasteiger partial charge in [-0.05, 0) is 31.0 Å². The second kappa shape index (κ2) is 7.52. The molecular weight excluding hydrogens is 430 g/mol. The number of amides is 3. The average molecular weight is 448 g/mol. The van der Waals surface area contributed by atoms with Gasteiger partial charge in [-0.3, -0.25) is 19.3 Å². The number of thiazole rings is 1. The minimum Gasteiger partial charge on any atom is -0.342 e. The van der Waals surface area contributed by atoms with E-state index in [4.69, 9.17) is 0 Å². The maximum Gasteiger partial charge on any atom is 0.261 e. The Balaban J connectivity index is 1.38. The molecule has 2 aliphatic heterocycles. The molecular formula is C19H18BrN3O3S. The van der Waals surface area contributed by atoms with Crippen LogP contribution in [0.2, 0.25) is 0 Å². The summed E-state index contributed by atoms with van der Waals surface area (Å²) >= 11 is 4.94. The van der Waals surface area contributed by atoms with E-state index in [1.54, 1.807) is 35.7 Å². The van der Waals surface area contributed by atoms with Crippen LogP contribution in [0.25, 0.3) is 0 Å². The standard InChI is InChI=1S/C19H18BrN3O3S/c20-13-3-4-14-15(10-13)19(26)23(18(14)25)8-5-16(24)22-7-1-2-12(11-22)17-21-6-9-27-17/h3-4,6,9-10,12H,1-2,5,7-8,11H2. The highest BCUT2D eigenvalue weighted by Crippen LogP contribution is 2.29.